The summed E-state index contributed by atoms with van der Waals surface area (Å²) in [5.41, 5.74) is 6.23. The highest BCUT2D eigenvalue weighted by atomic mass is 35.5. The molecular formula is C18H14ClN5O3. The molecule has 0 saturated heterocycles. The highest BCUT2D eigenvalue weighted by Crippen LogP contribution is 2.19. The number of nitrogens with two attached hydrogens (primary N) is 1. The molecule has 2 amide bonds. The lowest BCUT2D eigenvalue weighted by atomic mass is 10.2. The highest BCUT2D eigenvalue weighted by molar-refractivity contribution is 6.30. The minimum atomic E-state index is -0.903. The third kappa shape index (κ3) is 5.16. The van der Waals surface area contributed by atoms with Crippen LogP contribution in [-0.4, -0.2) is 26.8 Å². The van der Waals surface area contributed by atoms with Crippen LogP contribution in [-0.2, 0) is 4.79 Å². The van der Waals surface area contributed by atoms with Gasteiger partial charge in [0.1, 0.15) is 12.1 Å². The number of hydrogen-bond donors (Lipinski definition) is 2. The Morgan fingerprint density at radius 3 is 2.67 bits per heavy atom. The lowest BCUT2D eigenvalue weighted by Gasteiger charge is -2.04. The molecular weight excluding hydrogens is 370 g/mol. The second kappa shape index (κ2) is 8.15. The van der Waals surface area contributed by atoms with E-state index in [9.17, 15) is 9.59 Å². The zero-order chi connectivity index (χ0) is 19.2. The van der Waals surface area contributed by atoms with Gasteiger partial charge in [-0.3, -0.25) is 4.79 Å². The van der Waals surface area contributed by atoms with Crippen molar-refractivity contribution in [2.75, 3.05) is 5.32 Å². The van der Waals surface area contributed by atoms with Gasteiger partial charge in [0.2, 0.25) is 5.91 Å². The summed E-state index contributed by atoms with van der Waals surface area (Å²) in [4.78, 5) is 26.8. The van der Waals surface area contributed by atoms with Gasteiger partial charge in [-0.25, -0.2) is 14.5 Å². The van der Waals surface area contributed by atoms with E-state index in [1.54, 1.807) is 30.3 Å². The molecule has 1 heterocycles. The van der Waals surface area contributed by atoms with E-state index in [1.165, 1.54) is 35.4 Å². The molecule has 8 nitrogen and oxygen atoms in total. The van der Waals surface area contributed by atoms with Crippen LogP contribution in [0.1, 0.15) is 0 Å². The Labute approximate surface area is 159 Å². The van der Waals surface area contributed by atoms with E-state index in [0.717, 1.165) is 5.56 Å². The molecule has 3 N–H and O–H groups in total. The first-order chi connectivity index (χ1) is 13.0. The van der Waals surface area contributed by atoms with Crippen molar-refractivity contribution in [1.82, 2.24) is 14.8 Å². The molecule has 0 saturated carbocycles. The third-order valence-corrected chi connectivity index (χ3v) is 3.55. The van der Waals surface area contributed by atoms with Gasteiger partial charge >= 0.3 is 6.09 Å². The fraction of sp³-hybridized carbons (Fsp3) is 0. The van der Waals surface area contributed by atoms with E-state index in [2.05, 4.69) is 15.4 Å². The lowest BCUT2D eigenvalue weighted by Crippen LogP contribution is -2.16. The standard InChI is InChI=1S/C18H14ClN5O3/c19-13-3-1-2-12(10-13)17-21-11-24(23-17)9-8-16(25)22-14-4-6-15(7-5-14)27-18(20)26/h1-11H,(H2,20,26)(H,22,25). The first kappa shape index (κ1) is 18.2. The van der Waals surface area contributed by atoms with Crippen LogP contribution in [0.5, 0.6) is 5.75 Å². The number of anilines is 1. The van der Waals surface area contributed by atoms with Crippen LogP contribution < -0.4 is 15.8 Å². The van der Waals surface area contributed by atoms with Gasteiger partial charge in [-0.1, -0.05) is 23.7 Å². The minimum Gasteiger partial charge on any atom is -0.411 e. The normalized spacial score (nSPS) is 10.7. The average Bonchev–Trinajstić information content (AvgIpc) is 3.10. The van der Waals surface area contributed by atoms with Crippen LogP contribution in [0.2, 0.25) is 5.02 Å². The SMILES string of the molecule is NC(=O)Oc1ccc(NC(=O)C=Cn2cnc(-c3cccc(Cl)c3)n2)cc1. The number of nitrogens with one attached hydrogen (secondary N) is 1. The van der Waals surface area contributed by atoms with Crippen molar-refractivity contribution >= 4 is 35.5 Å². The number of benzene rings is 2. The second-order valence-electron chi connectivity index (χ2n) is 5.31. The Morgan fingerprint density at radius 1 is 1.19 bits per heavy atom. The monoisotopic (exact) mass is 383 g/mol. The van der Waals surface area contributed by atoms with Crippen molar-refractivity contribution in [3.8, 4) is 17.1 Å². The van der Waals surface area contributed by atoms with Gasteiger partial charge in [0.25, 0.3) is 0 Å². The van der Waals surface area contributed by atoms with Crippen molar-refractivity contribution in [3.63, 3.8) is 0 Å². The van der Waals surface area contributed by atoms with Gasteiger partial charge in [-0.2, -0.15) is 0 Å². The van der Waals surface area contributed by atoms with Crippen molar-refractivity contribution in [2.24, 2.45) is 5.73 Å². The summed E-state index contributed by atoms with van der Waals surface area (Å²) in [5, 5.41) is 7.51. The number of amides is 2. The maximum Gasteiger partial charge on any atom is 0.409 e. The van der Waals surface area contributed by atoms with E-state index in [1.807, 2.05) is 6.07 Å². The quantitative estimate of drug-likeness (QED) is 0.657. The molecule has 0 spiro atoms. The van der Waals surface area contributed by atoms with Crippen LogP contribution in [0.25, 0.3) is 17.6 Å². The topological polar surface area (TPSA) is 112 Å². The molecule has 9 heteroatoms. The van der Waals surface area contributed by atoms with E-state index in [-0.39, 0.29) is 11.7 Å². The second-order valence-corrected chi connectivity index (χ2v) is 5.75. The molecule has 2 aromatic carbocycles. The maximum absolute atomic E-state index is 12.0. The summed E-state index contributed by atoms with van der Waals surface area (Å²) in [6.45, 7) is 0. The number of hydrogen-bond acceptors (Lipinski definition) is 5. The number of rotatable bonds is 5. The molecule has 0 bridgehead atoms. The maximum atomic E-state index is 12.0. The van der Waals surface area contributed by atoms with Crippen molar-refractivity contribution in [1.29, 1.82) is 0 Å². The molecule has 0 fully saturated rings. The molecule has 3 rings (SSSR count). The molecule has 0 atom stereocenters. The first-order valence-corrected chi connectivity index (χ1v) is 8.11. The van der Waals surface area contributed by atoms with Crippen molar-refractivity contribution in [3.05, 3.63) is 66.0 Å². The Kier molecular flexibility index (Phi) is 5.48. The summed E-state index contributed by atoms with van der Waals surface area (Å²) in [7, 11) is 0. The smallest absolute Gasteiger partial charge is 0.409 e. The van der Waals surface area contributed by atoms with Gasteiger partial charge < -0.3 is 15.8 Å². The van der Waals surface area contributed by atoms with Gasteiger partial charge in [0, 0.05) is 28.5 Å². The highest BCUT2D eigenvalue weighted by Gasteiger charge is 2.04. The lowest BCUT2D eigenvalue weighted by molar-refractivity contribution is -0.111. The van der Waals surface area contributed by atoms with Crippen molar-refractivity contribution in [2.45, 2.75) is 0 Å². The third-order valence-electron chi connectivity index (χ3n) is 3.31. The number of ether oxygens (including phenoxy) is 1. The number of primary amides is 1. The van der Waals surface area contributed by atoms with Crippen LogP contribution in [0.3, 0.4) is 0 Å². The minimum absolute atomic E-state index is 0.284. The van der Waals surface area contributed by atoms with Crippen LogP contribution in [0.4, 0.5) is 10.5 Å². The van der Waals surface area contributed by atoms with Crippen LogP contribution in [0, 0.1) is 0 Å². The summed E-state index contributed by atoms with van der Waals surface area (Å²) in [5.74, 6) is 0.415. The Bertz CT molecular complexity index is 998. The Morgan fingerprint density at radius 2 is 1.96 bits per heavy atom. The molecule has 136 valence electrons. The first-order valence-electron chi connectivity index (χ1n) is 7.73. The Balaban J connectivity index is 1.61. The molecule has 0 aliphatic heterocycles. The number of carbonyl (C=O) groups is 2. The molecule has 3 aromatic rings. The van der Waals surface area contributed by atoms with Gasteiger partial charge in [-0.05, 0) is 36.4 Å². The number of carbonyl (C=O) groups excluding carboxylic acids is 2. The largest absolute Gasteiger partial charge is 0.411 e. The van der Waals surface area contributed by atoms with Crippen LogP contribution in [0.15, 0.2) is 60.9 Å². The molecule has 0 aliphatic carbocycles. The van der Waals surface area contributed by atoms with Crippen LogP contribution >= 0.6 is 11.6 Å². The molecule has 0 aliphatic rings. The van der Waals surface area contributed by atoms with E-state index >= 15 is 0 Å². The number of aromatic nitrogens is 3. The van der Waals surface area contributed by atoms with E-state index in [0.29, 0.717) is 16.5 Å². The predicted molar refractivity (Wildman–Crippen MR) is 101 cm³/mol. The summed E-state index contributed by atoms with van der Waals surface area (Å²) in [6.07, 6.45) is 3.36. The van der Waals surface area contributed by atoms with E-state index < -0.39 is 6.09 Å². The van der Waals surface area contributed by atoms with E-state index in [4.69, 9.17) is 22.1 Å². The molecule has 1 aromatic heterocycles. The zero-order valence-corrected chi connectivity index (χ0v) is 14.6. The fourth-order valence-corrected chi connectivity index (χ4v) is 2.35. The summed E-state index contributed by atoms with van der Waals surface area (Å²) in [6, 6.07) is 13.3. The zero-order valence-electron chi connectivity index (χ0n) is 13.9. The molecule has 27 heavy (non-hydrogen) atoms. The van der Waals surface area contributed by atoms with Gasteiger partial charge in [0.05, 0.1) is 0 Å². The fourth-order valence-electron chi connectivity index (χ4n) is 2.16. The average molecular weight is 384 g/mol. The number of nitrogens with zero attached hydrogens (tertiary/aromatic N) is 3. The summed E-state index contributed by atoms with van der Waals surface area (Å²) < 4.78 is 6.13. The summed E-state index contributed by atoms with van der Waals surface area (Å²) >= 11 is 5.96. The predicted octanol–water partition coefficient (Wildman–Crippen LogP) is 3.17. The van der Waals surface area contributed by atoms with Crippen molar-refractivity contribution < 1.29 is 14.3 Å². The molecule has 0 unspecified atom stereocenters. The van der Waals surface area contributed by atoms with Gasteiger partial charge in [-0.15, -0.1) is 5.10 Å². The number of halogens is 1. The Hall–Kier alpha value is -3.65. The molecule has 0 radical (unpaired) electrons. The van der Waals surface area contributed by atoms with Gasteiger partial charge in [0.15, 0.2) is 5.82 Å².